The predicted molar refractivity (Wildman–Crippen MR) is 61.8 cm³/mol. The molecule has 0 aliphatic heterocycles. The summed E-state index contributed by atoms with van der Waals surface area (Å²) in [6, 6.07) is 4.03. The normalized spacial score (nSPS) is 10.7. The summed E-state index contributed by atoms with van der Waals surface area (Å²) in [5, 5.41) is 16.4. The van der Waals surface area contributed by atoms with Gasteiger partial charge in [0.1, 0.15) is 11.6 Å². The smallest absolute Gasteiger partial charge is 0.127 e. The molecule has 0 saturated carbocycles. The highest BCUT2D eigenvalue weighted by atomic mass is 19.1. The Morgan fingerprint density at radius 1 is 1.29 bits per heavy atom. The fourth-order valence-electron chi connectivity index (χ4n) is 1.65. The minimum absolute atomic E-state index is 0.0526. The number of hydrogen-bond donors (Lipinski definition) is 2. The van der Waals surface area contributed by atoms with Gasteiger partial charge in [-0.2, -0.15) is 5.10 Å². The van der Waals surface area contributed by atoms with Gasteiger partial charge in [0.25, 0.3) is 0 Å². The van der Waals surface area contributed by atoms with Crippen LogP contribution in [-0.2, 0) is 20.1 Å². The maximum Gasteiger partial charge on any atom is 0.127 e. The number of aryl methyl sites for hydroxylation is 1. The summed E-state index contributed by atoms with van der Waals surface area (Å²) in [6.07, 6.45) is 3.69. The van der Waals surface area contributed by atoms with Gasteiger partial charge in [-0.3, -0.25) is 4.68 Å². The molecule has 0 amide bonds. The molecule has 2 aromatic rings. The molecule has 0 aliphatic rings. The van der Waals surface area contributed by atoms with E-state index in [4.69, 9.17) is 0 Å². The second kappa shape index (κ2) is 4.97. The molecule has 0 atom stereocenters. The monoisotopic (exact) mass is 235 g/mol. The van der Waals surface area contributed by atoms with E-state index in [-0.39, 0.29) is 5.75 Å². The van der Waals surface area contributed by atoms with Gasteiger partial charge in [-0.25, -0.2) is 4.39 Å². The van der Waals surface area contributed by atoms with Crippen molar-refractivity contribution in [3.63, 3.8) is 0 Å². The predicted octanol–water partition coefficient (Wildman–Crippen LogP) is 1.55. The van der Waals surface area contributed by atoms with Crippen LogP contribution in [-0.4, -0.2) is 14.9 Å². The van der Waals surface area contributed by atoms with Crippen molar-refractivity contribution in [1.29, 1.82) is 0 Å². The van der Waals surface area contributed by atoms with Gasteiger partial charge >= 0.3 is 0 Å². The second-order valence-electron chi connectivity index (χ2n) is 3.94. The molecule has 0 spiro atoms. The molecule has 4 nitrogen and oxygen atoms in total. The van der Waals surface area contributed by atoms with Crippen LogP contribution in [0.3, 0.4) is 0 Å². The maximum absolute atomic E-state index is 13.0. The number of hydrogen-bond acceptors (Lipinski definition) is 3. The molecule has 0 radical (unpaired) electrons. The quantitative estimate of drug-likeness (QED) is 0.845. The number of phenolic OH excluding ortho intramolecular Hbond substituents is 1. The molecular formula is C12H14FN3O. The van der Waals surface area contributed by atoms with Gasteiger partial charge in [0, 0.05) is 38.0 Å². The standard InChI is InChI=1S/C12H14FN3O/c1-16-8-10(7-15-16)6-14-5-9-2-11(13)4-12(17)3-9/h2-4,7-8,14,17H,5-6H2,1H3. The van der Waals surface area contributed by atoms with Crippen LogP contribution in [0, 0.1) is 5.82 Å². The molecule has 2 rings (SSSR count). The molecule has 1 heterocycles. The summed E-state index contributed by atoms with van der Waals surface area (Å²) >= 11 is 0. The first-order chi connectivity index (χ1) is 8.13. The van der Waals surface area contributed by atoms with Crippen LogP contribution in [0.4, 0.5) is 4.39 Å². The minimum atomic E-state index is -0.428. The molecule has 0 unspecified atom stereocenters. The van der Waals surface area contributed by atoms with Crippen molar-refractivity contribution in [2.45, 2.75) is 13.1 Å². The lowest BCUT2D eigenvalue weighted by Crippen LogP contribution is -2.12. The zero-order valence-corrected chi connectivity index (χ0v) is 9.52. The Balaban J connectivity index is 1.89. The number of nitrogens with zero attached hydrogens (tertiary/aromatic N) is 2. The average Bonchev–Trinajstić information content (AvgIpc) is 2.63. The Kier molecular flexibility index (Phi) is 3.39. The number of benzene rings is 1. The fourth-order valence-corrected chi connectivity index (χ4v) is 1.65. The van der Waals surface area contributed by atoms with Gasteiger partial charge in [0.2, 0.25) is 0 Å². The summed E-state index contributed by atoms with van der Waals surface area (Å²) in [5.41, 5.74) is 1.78. The first-order valence-electron chi connectivity index (χ1n) is 5.30. The van der Waals surface area contributed by atoms with Gasteiger partial charge in [0.15, 0.2) is 0 Å². The number of phenols is 1. The minimum Gasteiger partial charge on any atom is -0.508 e. The molecule has 1 aromatic heterocycles. The maximum atomic E-state index is 13.0. The highest BCUT2D eigenvalue weighted by Crippen LogP contribution is 2.14. The van der Waals surface area contributed by atoms with E-state index < -0.39 is 5.82 Å². The van der Waals surface area contributed by atoms with Gasteiger partial charge in [0.05, 0.1) is 6.20 Å². The SMILES string of the molecule is Cn1cc(CNCc2cc(O)cc(F)c2)cn1. The largest absolute Gasteiger partial charge is 0.508 e. The van der Waals surface area contributed by atoms with Crippen LogP contribution in [0.2, 0.25) is 0 Å². The van der Waals surface area contributed by atoms with E-state index >= 15 is 0 Å². The van der Waals surface area contributed by atoms with Crippen molar-refractivity contribution >= 4 is 0 Å². The second-order valence-corrected chi connectivity index (χ2v) is 3.94. The summed E-state index contributed by atoms with van der Waals surface area (Å²) in [4.78, 5) is 0. The molecule has 5 heteroatoms. The summed E-state index contributed by atoms with van der Waals surface area (Å²) in [7, 11) is 1.86. The lowest BCUT2D eigenvalue weighted by molar-refractivity contribution is 0.467. The molecule has 17 heavy (non-hydrogen) atoms. The third kappa shape index (κ3) is 3.29. The van der Waals surface area contributed by atoms with Gasteiger partial charge in [-0.1, -0.05) is 0 Å². The Morgan fingerprint density at radius 2 is 2.06 bits per heavy atom. The Hall–Kier alpha value is -1.88. The number of nitrogens with one attached hydrogen (secondary N) is 1. The van der Waals surface area contributed by atoms with Crippen molar-refractivity contribution in [3.8, 4) is 5.75 Å². The van der Waals surface area contributed by atoms with Crippen molar-refractivity contribution < 1.29 is 9.50 Å². The third-order valence-electron chi connectivity index (χ3n) is 2.36. The molecule has 0 fully saturated rings. The topological polar surface area (TPSA) is 50.1 Å². The average molecular weight is 235 g/mol. The van der Waals surface area contributed by atoms with Crippen molar-refractivity contribution in [1.82, 2.24) is 15.1 Å². The molecule has 0 saturated heterocycles. The summed E-state index contributed by atoms with van der Waals surface area (Å²) in [5.74, 6) is -0.480. The first-order valence-corrected chi connectivity index (χ1v) is 5.30. The number of aromatic nitrogens is 2. The third-order valence-corrected chi connectivity index (χ3v) is 2.36. The molecule has 1 aromatic carbocycles. The van der Waals surface area contributed by atoms with Crippen LogP contribution in [0.25, 0.3) is 0 Å². The fraction of sp³-hybridized carbons (Fsp3) is 0.250. The van der Waals surface area contributed by atoms with Crippen LogP contribution in [0.5, 0.6) is 5.75 Å². The Bertz CT molecular complexity index is 490. The molecule has 0 aliphatic carbocycles. The zero-order chi connectivity index (χ0) is 12.3. The molecule has 90 valence electrons. The Morgan fingerprint density at radius 3 is 2.71 bits per heavy atom. The number of rotatable bonds is 4. The van der Waals surface area contributed by atoms with E-state index in [1.54, 1.807) is 16.9 Å². The van der Waals surface area contributed by atoms with E-state index in [0.717, 1.165) is 11.6 Å². The van der Waals surface area contributed by atoms with E-state index in [2.05, 4.69) is 10.4 Å². The van der Waals surface area contributed by atoms with Gasteiger partial charge in [-0.05, 0) is 17.7 Å². The number of aromatic hydroxyl groups is 1. The summed E-state index contributed by atoms with van der Waals surface area (Å²) < 4.78 is 14.7. The van der Waals surface area contributed by atoms with E-state index in [9.17, 15) is 9.50 Å². The van der Waals surface area contributed by atoms with Crippen molar-refractivity contribution in [2.24, 2.45) is 7.05 Å². The summed E-state index contributed by atoms with van der Waals surface area (Å²) in [6.45, 7) is 1.16. The molecule has 2 N–H and O–H groups in total. The highest BCUT2D eigenvalue weighted by Gasteiger charge is 2.00. The van der Waals surface area contributed by atoms with E-state index in [1.807, 2.05) is 13.2 Å². The van der Waals surface area contributed by atoms with Crippen molar-refractivity contribution in [2.75, 3.05) is 0 Å². The number of halogens is 1. The van der Waals surface area contributed by atoms with Crippen LogP contribution < -0.4 is 5.32 Å². The van der Waals surface area contributed by atoms with Crippen molar-refractivity contribution in [3.05, 3.63) is 47.5 Å². The van der Waals surface area contributed by atoms with E-state index in [0.29, 0.717) is 18.7 Å². The van der Waals surface area contributed by atoms with Crippen LogP contribution in [0.15, 0.2) is 30.6 Å². The van der Waals surface area contributed by atoms with E-state index in [1.165, 1.54) is 6.07 Å². The zero-order valence-electron chi connectivity index (χ0n) is 9.52. The first kappa shape index (κ1) is 11.6. The van der Waals surface area contributed by atoms with Gasteiger partial charge < -0.3 is 10.4 Å². The van der Waals surface area contributed by atoms with Gasteiger partial charge in [-0.15, -0.1) is 0 Å². The lowest BCUT2D eigenvalue weighted by atomic mass is 10.2. The molecule has 0 bridgehead atoms. The van der Waals surface area contributed by atoms with Crippen LogP contribution in [0.1, 0.15) is 11.1 Å². The molecular weight excluding hydrogens is 221 g/mol. The lowest BCUT2D eigenvalue weighted by Gasteiger charge is -2.04. The highest BCUT2D eigenvalue weighted by molar-refractivity contribution is 5.28. The Labute approximate surface area is 98.7 Å². The van der Waals surface area contributed by atoms with Crippen LogP contribution >= 0.6 is 0 Å².